The van der Waals surface area contributed by atoms with E-state index in [1.807, 2.05) is 5.32 Å². The predicted molar refractivity (Wildman–Crippen MR) is 131 cm³/mol. The van der Waals surface area contributed by atoms with Crippen molar-refractivity contribution in [2.75, 3.05) is 17.2 Å². The third-order valence-electron chi connectivity index (χ3n) is 7.12. The molecule has 1 saturated carbocycles. The van der Waals surface area contributed by atoms with Crippen molar-refractivity contribution in [2.24, 2.45) is 11.8 Å². The van der Waals surface area contributed by atoms with Gasteiger partial charge in [0.15, 0.2) is 0 Å². The zero-order valence-corrected chi connectivity index (χ0v) is 20.9. The second-order valence-corrected chi connectivity index (χ2v) is 9.55. The number of hydrogen-bond acceptors (Lipinski definition) is 7. The highest BCUT2D eigenvalue weighted by atomic mass is 19.4. The van der Waals surface area contributed by atoms with Crippen molar-refractivity contribution in [1.82, 2.24) is 25.2 Å². The number of amides is 4. The highest BCUT2D eigenvalue weighted by Gasteiger charge is 2.57. The minimum Gasteiger partial charge on any atom is -0.384 e. The van der Waals surface area contributed by atoms with Crippen LogP contribution in [0.4, 0.5) is 29.7 Å². The number of alkyl halides is 3. The molecule has 0 aromatic carbocycles. The van der Waals surface area contributed by atoms with Crippen molar-refractivity contribution < 1.29 is 27.6 Å². The van der Waals surface area contributed by atoms with Crippen LogP contribution in [-0.2, 0) is 16.0 Å². The number of carbonyl (C=O) groups excluding carboxylic acids is 3. The van der Waals surface area contributed by atoms with Crippen molar-refractivity contribution in [3.05, 3.63) is 42.4 Å². The average Bonchev–Trinajstić information content (AvgIpc) is 2.89. The van der Waals surface area contributed by atoms with Crippen molar-refractivity contribution >= 4 is 29.6 Å². The molecule has 2 aromatic rings. The molecule has 4 amide bonds. The molecular formula is C25H30F3N7O3. The van der Waals surface area contributed by atoms with Gasteiger partial charge >= 0.3 is 12.2 Å². The highest BCUT2D eigenvalue weighted by Crippen LogP contribution is 2.37. The van der Waals surface area contributed by atoms with Gasteiger partial charge in [0.25, 0.3) is 5.91 Å². The molecule has 10 nitrogen and oxygen atoms in total. The van der Waals surface area contributed by atoms with Crippen molar-refractivity contribution in [3.8, 4) is 0 Å². The number of imide groups is 1. The van der Waals surface area contributed by atoms with Crippen LogP contribution in [0, 0.1) is 11.8 Å². The average molecular weight is 534 g/mol. The smallest absolute Gasteiger partial charge is 0.384 e. The molecule has 0 unspecified atom stereocenters. The van der Waals surface area contributed by atoms with Crippen LogP contribution in [0.1, 0.15) is 44.6 Å². The Bertz CT molecular complexity index is 1160. The third kappa shape index (κ3) is 5.70. The van der Waals surface area contributed by atoms with Gasteiger partial charge in [0.1, 0.15) is 17.9 Å². The molecule has 38 heavy (non-hydrogen) atoms. The van der Waals surface area contributed by atoms with E-state index in [0.29, 0.717) is 36.1 Å². The Labute approximate surface area is 217 Å². The molecule has 2 aromatic heterocycles. The van der Waals surface area contributed by atoms with Gasteiger partial charge < -0.3 is 11.1 Å². The number of nitrogens with one attached hydrogen (secondary N) is 1. The summed E-state index contributed by atoms with van der Waals surface area (Å²) in [7, 11) is 0. The topological polar surface area (TPSA) is 134 Å². The number of likely N-dealkylation sites (tertiary alicyclic amines) is 1. The Morgan fingerprint density at radius 2 is 1.84 bits per heavy atom. The summed E-state index contributed by atoms with van der Waals surface area (Å²) >= 11 is 0. The van der Waals surface area contributed by atoms with Gasteiger partial charge in [-0.15, -0.1) is 0 Å². The van der Waals surface area contributed by atoms with Crippen molar-refractivity contribution in [2.45, 2.75) is 63.7 Å². The van der Waals surface area contributed by atoms with Crippen LogP contribution in [-0.4, -0.2) is 62.5 Å². The molecule has 204 valence electrons. The maximum Gasteiger partial charge on any atom is 0.408 e. The van der Waals surface area contributed by atoms with E-state index in [4.69, 9.17) is 5.73 Å². The second kappa shape index (κ2) is 11.3. The molecule has 4 rings (SSSR count). The van der Waals surface area contributed by atoms with E-state index in [2.05, 4.69) is 15.0 Å². The number of aromatic nitrogens is 3. The molecule has 3 N–H and O–H groups in total. The molecule has 2 fully saturated rings. The third-order valence-corrected chi connectivity index (χ3v) is 7.12. The lowest BCUT2D eigenvalue weighted by Gasteiger charge is -2.46. The zero-order chi connectivity index (χ0) is 27.4. The molecule has 1 aliphatic heterocycles. The normalized spacial score (nSPS) is 20.9. The van der Waals surface area contributed by atoms with Crippen LogP contribution in [0.2, 0.25) is 0 Å². The summed E-state index contributed by atoms with van der Waals surface area (Å²) in [6.07, 6.45) is 2.41. The van der Waals surface area contributed by atoms with Crippen molar-refractivity contribution in [3.63, 3.8) is 0 Å². The van der Waals surface area contributed by atoms with Gasteiger partial charge in [-0.3, -0.25) is 19.4 Å². The molecule has 0 spiro atoms. The lowest BCUT2D eigenvalue weighted by Crippen LogP contribution is -2.72. The number of pyridine rings is 1. The molecule has 0 radical (unpaired) electrons. The Morgan fingerprint density at radius 1 is 1.16 bits per heavy atom. The number of nitrogens with two attached hydrogens (primary N) is 1. The van der Waals surface area contributed by atoms with Gasteiger partial charge in [0, 0.05) is 25.1 Å². The number of hydrogen-bond donors (Lipinski definition) is 2. The van der Waals surface area contributed by atoms with Gasteiger partial charge in [-0.2, -0.15) is 13.2 Å². The molecule has 1 aliphatic carbocycles. The van der Waals surface area contributed by atoms with Crippen LogP contribution < -0.4 is 16.0 Å². The minimum absolute atomic E-state index is 0.0459. The molecule has 3 heterocycles. The van der Waals surface area contributed by atoms with Gasteiger partial charge in [0.05, 0.1) is 5.92 Å². The quantitative estimate of drug-likeness (QED) is 0.522. The van der Waals surface area contributed by atoms with Crippen LogP contribution in [0.15, 0.2) is 36.8 Å². The van der Waals surface area contributed by atoms with E-state index >= 15 is 0 Å². The lowest BCUT2D eigenvalue weighted by molar-refractivity contribution is -0.170. The maximum atomic E-state index is 14.0. The van der Waals surface area contributed by atoms with Crippen LogP contribution in [0.3, 0.4) is 0 Å². The van der Waals surface area contributed by atoms with Crippen molar-refractivity contribution in [1.29, 1.82) is 0 Å². The van der Waals surface area contributed by atoms with E-state index in [1.165, 1.54) is 29.6 Å². The first kappa shape index (κ1) is 27.3. The number of halogens is 3. The van der Waals surface area contributed by atoms with E-state index in [9.17, 15) is 27.6 Å². The zero-order valence-electron chi connectivity index (χ0n) is 20.9. The number of likely N-dealkylation sites (N-methyl/N-ethyl adjacent to an activating group) is 1. The largest absolute Gasteiger partial charge is 0.408 e. The second-order valence-electron chi connectivity index (χ2n) is 9.55. The number of rotatable bonds is 7. The summed E-state index contributed by atoms with van der Waals surface area (Å²) in [6, 6.07) is 0.0238. The number of nitrogen functional groups attached to an aromatic ring is 1. The molecule has 2 aliphatic rings. The molecule has 0 bridgehead atoms. The minimum atomic E-state index is -4.70. The Balaban J connectivity index is 1.62. The van der Waals surface area contributed by atoms with Gasteiger partial charge in [-0.05, 0) is 55.9 Å². The maximum absolute atomic E-state index is 14.0. The number of anilines is 2. The number of carbonyl (C=O) groups is 3. The summed E-state index contributed by atoms with van der Waals surface area (Å²) in [5, 5.41) is 2.04. The monoisotopic (exact) mass is 533 g/mol. The van der Waals surface area contributed by atoms with Gasteiger partial charge in [0.2, 0.25) is 11.9 Å². The fourth-order valence-electron chi connectivity index (χ4n) is 5.25. The first-order chi connectivity index (χ1) is 18.1. The Hall–Kier alpha value is -3.77. The number of nitrogens with zero attached hydrogens (tertiary/aromatic N) is 5. The Kier molecular flexibility index (Phi) is 8.12. The highest BCUT2D eigenvalue weighted by molar-refractivity contribution is 6.12. The first-order valence-electron chi connectivity index (χ1n) is 12.6. The van der Waals surface area contributed by atoms with Crippen LogP contribution in [0.5, 0.6) is 0 Å². The van der Waals surface area contributed by atoms with E-state index in [-0.39, 0.29) is 24.7 Å². The van der Waals surface area contributed by atoms with E-state index in [1.54, 1.807) is 19.1 Å². The Morgan fingerprint density at radius 3 is 2.45 bits per heavy atom. The lowest BCUT2D eigenvalue weighted by atomic mass is 9.81. The molecule has 13 heteroatoms. The fraction of sp³-hybridized carbons (Fsp3) is 0.520. The van der Waals surface area contributed by atoms with E-state index in [0.717, 1.165) is 6.42 Å². The summed E-state index contributed by atoms with van der Waals surface area (Å²) in [5.74, 6) is -2.93. The fourth-order valence-corrected chi connectivity index (χ4v) is 5.25. The standard InChI is InChI=1S/C25H30F3N7O3/c1-2-34(23-31-10-6-11-32-23)22(37)19-17(13-15-9-12-30-18(29)14-15)21(36)35(19)24(38)33-20(25(26,27)28)16-7-4-3-5-8-16/h6,9-12,14,16-17,19-20H,2-5,7-8,13H2,1H3,(H2,29,30)(H,33,38)/t17-,19+,20+/m1/s1. The van der Waals surface area contributed by atoms with Crippen LogP contribution in [0.25, 0.3) is 0 Å². The van der Waals surface area contributed by atoms with Gasteiger partial charge in [-0.1, -0.05) is 19.3 Å². The summed E-state index contributed by atoms with van der Waals surface area (Å²) in [6.45, 7) is 1.78. The number of urea groups is 1. The molecular weight excluding hydrogens is 503 g/mol. The van der Waals surface area contributed by atoms with E-state index < -0.39 is 47.9 Å². The molecule has 1 saturated heterocycles. The summed E-state index contributed by atoms with van der Waals surface area (Å²) in [5.41, 5.74) is 6.34. The first-order valence-corrected chi connectivity index (χ1v) is 12.6. The molecule has 3 atom stereocenters. The summed E-state index contributed by atoms with van der Waals surface area (Å²) in [4.78, 5) is 54.0. The number of β-lactam (4-membered cyclic amide) rings is 1. The summed E-state index contributed by atoms with van der Waals surface area (Å²) < 4.78 is 41.9. The SMILES string of the molecule is CCN(C(=O)[C@@H]1[C@@H](Cc2ccnc(N)c2)C(=O)N1C(=O)N[C@@H](C1CCCCC1)C(F)(F)F)c1ncccn1. The predicted octanol–water partition coefficient (Wildman–Crippen LogP) is 3.10. The van der Waals surface area contributed by atoms with Crippen LogP contribution >= 0.6 is 0 Å². The van der Waals surface area contributed by atoms with Gasteiger partial charge in [-0.25, -0.2) is 19.7 Å².